The zero-order chi connectivity index (χ0) is 37.5. The quantitative estimate of drug-likeness (QED) is 0.205. The van der Waals surface area contributed by atoms with E-state index in [0.717, 1.165) is 16.7 Å². The zero-order valence-corrected chi connectivity index (χ0v) is 29.7. The Morgan fingerprint density at radius 2 is 1.17 bits per heavy atom. The lowest BCUT2D eigenvalue weighted by Crippen LogP contribution is -2.27. The number of anilines is 3. The minimum atomic E-state index is -0.775. The number of carbonyl (C=O) groups is 2. The molecule has 0 saturated heterocycles. The third-order valence-electron chi connectivity index (χ3n) is 8.88. The lowest BCUT2D eigenvalue weighted by molar-refractivity contribution is -0.120. The summed E-state index contributed by atoms with van der Waals surface area (Å²) < 4.78 is 14.1. The van der Waals surface area contributed by atoms with Gasteiger partial charge in [0.15, 0.2) is 11.6 Å². The molecule has 0 saturated carbocycles. The van der Waals surface area contributed by atoms with Crippen LogP contribution in [0.4, 0.5) is 17.5 Å². The molecule has 53 heavy (non-hydrogen) atoms. The van der Waals surface area contributed by atoms with Crippen molar-refractivity contribution in [2.45, 2.75) is 51.6 Å². The van der Waals surface area contributed by atoms with Crippen LogP contribution in [0, 0.1) is 0 Å². The van der Waals surface area contributed by atoms with Gasteiger partial charge in [-0.3, -0.25) is 9.59 Å². The Bertz CT molecular complexity index is 2340. The van der Waals surface area contributed by atoms with Gasteiger partial charge in [-0.15, -0.1) is 0 Å². The maximum atomic E-state index is 12.2. The predicted molar refractivity (Wildman–Crippen MR) is 190 cm³/mol. The van der Waals surface area contributed by atoms with Gasteiger partial charge in [0.25, 0.3) is 0 Å². The number of aromatic nitrogens is 12. The molecule has 0 atom stereocenters. The van der Waals surface area contributed by atoms with Gasteiger partial charge in [0.05, 0.1) is 43.7 Å². The van der Waals surface area contributed by atoms with Crippen molar-refractivity contribution in [2.75, 3.05) is 30.6 Å². The molecule has 8 rings (SSSR count). The molecular weight excluding hydrogens is 682 g/mol. The summed E-state index contributed by atoms with van der Waals surface area (Å²) in [5.74, 6) is 2.76. The Morgan fingerprint density at radius 1 is 0.679 bits per heavy atom. The highest BCUT2D eigenvalue weighted by Crippen LogP contribution is 2.40. The van der Waals surface area contributed by atoms with E-state index < -0.39 is 10.8 Å². The molecule has 6 aromatic rings. The summed E-state index contributed by atoms with van der Waals surface area (Å²) in [5.41, 5.74) is 8.89. The van der Waals surface area contributed by atoms with Gasteiger partial charge in [-0.05, 0) is 27.7 Å². The minimum Gasteiger partial charge on any atom is -0.481 e. The van der Waals surface area contributed by atoms with Crippen LogP contribution >= 0.6 is 0 Å². The van der Waals surface area contributed by atoms with Crippen LogP contribution in [0.2, 0.25) is 0 Å². The molecule has 2 amide bonds. The fourth-order valence-electron chi connectivity index (χ4n) is 5.86. The van der Waals surface area contributed by atoms with E-state index in [2.05, 4.69) is 60.7 Å². The van der Waals surface area contributed by atoms with Gasteiger partial charge in [0.1, 0.15) is 41.5 Å². The fourth-order valence-corrected chi connectivity index (χ4v) is 5.86. The number of hydrogen-bond donors (Lipinski definition) is 3. The van der Waals surface area contributed by atoms with Crippen LogP contribution in [0.25, 0.3) is 23.0 Å². The third-order valence-corrected chi connectivity index (χ3v) is 8.88. The van der Waals surface area contributed by atoms with E-state index in [4.69, 9.17) is 15.2 Å². The van der Waals surface area contributed by atoms with Crippen LogP contribution in [0.5, 0.6) is 11.8 Å². The summed E-state index contributed by atoms with van der Waals surface area (Å²) in [5, 5.41) is 14.6. The molecular formula is C34H35N15O4. The number of rotatable bonds is 8. The predicted octanol–water partition coefficient (Wildman–Crippen LogP) is 2.42. The molecule has 6 aromatic heterocycles. The van der Waals surface area contributed by atoms with E-state index in [0.29, 0.717) is 65.1 Å². The van der Waals surface area contributed by atoms with Crippen LogP contribution < -0.4 is 25.8 Å². The second-order valence-corrected chi connectivity index (χ2v) is 13.2. The Balaban J connectivity index is 0.000000164. The van der Waals surface area contributed by atoms with Crippen LogP contribution in [0.1, 0.15) is 49.9 Å². The van der Waals surface area contributed by atoms with Crippen molar-refractivity contribution in [2.24, 2.45) is 0 Å². The fraction of sp³-hybridized carbons (Fsp3) is 0.294. The van der Waals surface area contributed by atoms with Crippen molar-refractivity contribution < 1.29 is 19.1 Å². The normalized spacial score (nSPS) is 14.8. The smallest absolute Gasteiger partial charge is 0.235 e. The largest absolute Gasteiger partial charge is 0.481 e. The topological polar surface area (TPSA) is 241 Å². The van der Waals surface area contributed by atoms with Gasteiger partial charge in [-0.25, -0.2) is 49.2 Å². The average Bonchev–Trinajstić information content (AvgIpc) is 3.86. The molecule has 0 unspecified atom stereocenters. The van der Waals surface area contributed by atoms with Crippen LogP contribution in [0.3, 0.4) is 0 Å². The highest BCUT2D eigenvalue weighted by molar-refractivity contribution is 6.06. The number of nitrogens with one attached hydrogen (secondary N) is 2. The van der Waals surface area contributed by atoms with Crippen molar-refractivity contribution in [3.05, 3.63) is 78.0 Å². The summed E-state index contributed by atoms with van der Waals surface area (Å²) in [7, 11) is 3.13. The summed E-state index contributed by atoms with van der Waals surface area (Å²) >= 11 is 0. The molecule has 19 nitrogen and oxygen atoms in total. The standard InChI is InChI=1S/C17H18N8O2.C17H17N7O2/c1-17(2)12-13(18)21-14(22-15(12)23-16(17)26)10-4-11(27-3)25(24-10)7-9-5-19-8-20-6-9;1-17(2)11-7-20-15(21-14(11)22-16(17)25)12-4-13(26-3)24(23-12)8-10-5-18-9-19-6-10/h4-6,8H,7H2,1-3H3,(H3,18,21,22,23,26);4-7,9H,8H2,1-3H3,(H,20,21,22,25). The number of hydrogen-bond acceptors (Lipinski definition) is 15. The lowest BCUT2D eigenvalue weighted by Gasteiger charge is -2.15. The minimum absolute atomic E-state index is 0.0915. The molecule has 270 valence electrons. The first kappa shape index (κ1) is 34.5. The van der Waals surface area contributed by atoms with E-state index in [-0.39, 0.29) is 17.6 Å². The summed E-state index contributed by atoms with van der Waals surface area (Å²) in [4.78, 5) is 57.9. The number of nitrogens with zero attached hydrogens (tertiary/aromatic N) is 12. The summed E-state index contributed by atoms with van der Waals surface area (Å²) in [6.07, 6.45) is 11.5. The highest BCUT2D eigenvalue weighted by atomic mass is 16.5. The molecule has 19 heteroatoms. The summed E-state index contributed by atoms with van der Waals surface area (Å²) in [6, 6.07) is 3.47. The number of methoxy groups -OCH3 is 2. The van der Waals surface area contributed by atoms with Crippen LogP contribution in [0.15, 0.2) is 55.8 Å². The number of nitrogens with two attached hydrogens (primary N) is 1. The van der Waals surface area contributed by atoms with Gasteiger partial charge < -0.3 is 25.8 Å². The molecule has 2 aliphatic rings. The molecule has 0 bridgehead atoms. The van der Waals surface area contributed by atoms with Crippen molar-refractivity contribution in [3.63, 3.8) is 0 Å². The van der Waals surface area contributed by atoms with E-state index in [1.54, 1.807) is 80.5 Å². The molecule has 0 aromatic carbocycles. The number of amides is 2. The maximum absolute atomic E-state index is 12.2. The molecule has 0 spiro atoms. The van der Waals surface area contributed by atoms with Crippen molar-refractivity contribution in [3.8, 4) is 34.8 Å². The van der Waals surface area contributed by atoms with Crippen molar-refractivity contribution in [1.82, 2.24) is 59.4 Å². The van der Waals surface area contributed by atoms with Crippen LogP contribution in [-0.4, -0.2) is 85.5 Å². The number of carbonyl (C=O) groups excluding carboxylic acids is 2. The second-order valence-electron chi connectivity index (χ2n) is 13.2. The molecule has 4 N–H and O–H groups in total. The first-order chi connectivity index (χ1) is 25.4. The highest BCUT2D eigenvalue weighted by Gasteiger charge is 2.42. The third kappa shape index (κ3) is 6.43. The van der Waals surface area contributed by atoms with Gasteiger partial charge in [0.2, 0.25) is 23.6 Å². The average molecular weight is 718 g/mol. The van der Waals surface area contributed by atoms with E-state index in [1.165, 1.54) is 12.7 Å². The molecule has 8 heterocycles. The first-order valence-electron chi connectivity index (χ1n) is 16.3. The molecule has 0 aliphatic carbocycles. The lowest BCUT2D eigenvalue weighted by atomic mass is 9.87. The SMILES string of the molecule is COc1cc(-c2nc(N)c3c(n2)NC(=O)C3(C)C)nn1Cc1cncnc1.COc1cc(-c2ncc3c(n2)NC(=O)C3(C)C)nn1Cc1cncnc1. The van der Waals surface area contributed by atoms with Gasteiger partial charge in [-0.1, -0.05) is 0 Å². The Hall–Kier alpha value is -6.92. The monoisotopic (exact) mass is 717 g/mol. The van der Waals surface area contributed by atoms with E-state index >= 15 is 0 Å². The van der Waals surface area contributed by atoms with Crippen molar-refractivity contribution in [1.29, 1.82) is 0 Å². The zero-order valence-electron chi connectivity index (χ0n) is 29.7. The molecule has 0 radical (unpaired) electrons. The number of nitrogen functional groups attached to an aromatic ring is 1. The maximum Gasteiger partial charge on any atom is 0.235 e. The van der Waals surface area contributed by atoms with Gasteiger partial charge in [0, 0.05) is 59.8 Å². The van der Waals surface area contributed by atoms with Crippen LogP contribution in [-0.2, 0) is 33.5 Å². The van der Waals surface area contributed by atoms with Gasteiger partial charge >= 0.3 is 0 Å². The Labute approximate surface area is 302 Å². The second kappa shape index (κ2) is 13.3. The number of fused-ring (bicyclic) bond motifs is 2. The van der Waals surface area contributed by atoms with E-state index in [9.17, 15) is 9.59 Å². The Kier molecular flexibility index (Phi) is 8.68. The van der Waals surface area contributed by atoms with E-state index in [1.807, 2.05) is 13.8 Å². The first-order valence-corrected chi connectivity index (χ1v) is 16.3. The summed E-state index contributed by atoms with van der Waals surface area (Å²) in [6.45, 7) is 8.14. The number of ether oxygens (including phenoxy) is 2. The van der Waals surface area contributed by atoms with Crippen molar-refractivity contribution >= 4 is 29.3 Å². The molecule has 2 aliphatic heterocycles. The molecule has 0 fully saturated rings. The van der Waals surface area contributed by atoms with Gasteiger partial charge in [-0.2, -0.15) is 10.2 Å². The Morgan fingerprint density at radius 3 is 1.72 bits per heavy atom.